The van der Waals surface area contributed by atoms with Crippen LogP contribution in [0.4, 0.5) is 57.1 Å². The minimum absolute atomic E-state index is 0.121. The van der Waals surface area contributed by atoms with E-state index in [9.17, 15) is 57.1 Å². The molecule has 0 aromatic heterocycles. The van der Waals surface area contributed by atoms with Crippen molar-refractivity contribution in [1.82, 2.24) is 0 Å². The highest BCUT2D eigenvalue weighted by Crippen LogP contribution is 2.61. The van der Waals surface area contributed by atoms with Crippen molar-refractivity contribution in [1.29, 1.82) is 0 Å². The van der Waals surface area contributed by atoms with Crippen molar-refractivity contribution in [2.45, 2.75) is 105 Å². The van der Waals surface area contributed by atoms with Gasteiger partial charge in [0, 0.05) is 14.5 Å². The van der Waals surface area contributed by atoms with Gasteiger partial charge in [-0.3, -0.25) is 0 Å². The highest BCUT2D eigenvalue weighted by atomic mass is 28.3. The maximum Gasteiger partial charge on any atom is 0.460 e. The molecule has 33 heavy (non-hydrogen) atoms. The molecule has 2 aliphatic rings. The van der Waals surface area contributed by atoms with E-state index in [1.165, 1.54) is 13.1 Å². The van der Waals surface area contributed by atoms with Gasteiger partial charge in [-0.05, 0) is 25.2 Å². The Labute approximate surface area is 182 Å². The number of alkyl halides is 13. The summed E-state index contributed by atoms with van der Waals surface area (Å²) in [4.78, 5) is 0. The first-order valence-corrected chi connectivity index (χ1v) is 13.5. The van der Waals surface area contributed by atoms with Crippen molar-refractivity contribution in [3.8, 4) is 0 Å². The Kier molecular flexibility index (Phi) is 7.29. The summed E-state index contributed by atoms with van der Waals surface area (Å²) in [6, 6.07) is -0.447. The normalized spacial score (nSPS) is 25.7. The molecule has 2 rings (SSSR count). The molecule has 1 nitrogen and oxygen atoms in total. The molecule has 1 aliphatic carbocycles. The molecule has 0 N–H and O–H groups in total. The van der Waals surface area contributed by atoms with Crippen LogP contribution in [0, 0.1) is 5.92 Å². The van der Waals surface area contributed by atoms with Crippen LogP contribution < -0.4 is 0 Å². The van der Waals surface area contributed by atoms with Gasteiger partial charge in [0.1, 0.15) is 0 Å². The fraction of sp³-hybridized carbons (Fsp3) is 1.00. The van der Waals surface area contributed by atoms with Crippen molar-refractivity contribution < 1.29 is 61.8 Å². The van der Waals surface area contributed by atoms with Crippen molar-refractivity contribution in [3.05, 3.63) is 0 Å². The molecule has 196 valence electrons. The zero-order valence-electron chi connectivity index (χ0n) is 17.5. The summed E-state index contributed by atoms with van der Waals surface area (Å²) in [5.74, 6) is -36.2. The van der Waals surface area contributed by atoms with Gasteiger partial charge in [0.2, 0.25) is 0 Å². The Balaban J connectivity index is 2.09. The van der Waals surface area contributed by atoms with Crippen molar-refractivity contribution in [2.75, 3.05) is 0 Å². The summed E-state index contributed by atoms with van der Waals surface area (Å²) in [5, 5.41) is 0. The highest BCUT2D eigenvalue weighted by Gasteiger charge is 2.90. The van der Waals surface area contributed by atoms with E-state index in [0.717, 1.165) is 19.3 Å². The number of halogens is 13. The molecule has 0 aromatic carbocycles. The first kappa shape index (κ1) is 28.5. The van der Waals surface area contributed by atoms with Crippen molar-refractivity contribution in [3.63, 3.8) is 0 Å². The largest absolute Gasteiger partial charge is 0.460 e. The predicted molar refractivity (Wildman–Crippen MR) is 93.1 cm³/mol. The van der Waals surface area contributed by atoms with Crippen LogP contribution in [0.25, 0.3) is 0 Å². The first-order chi connectivity index (χ1) is 14.5. The molecule has 0 aromatic rings. The van der Waals surface area contributed by atoms with Gasteiger partial charge in [0.05, 0.1) is 12.2 Å². The third kappa shape index (κ3) is 5.13. The molecule has 1 heterocycles. The minimum Gasteiger partial charge on any atom is -0.370 e. The van der Waals surface area contributed by atoms with Crippen LogP contribution in [0.3, 0.4) is 0 Å². The summed E-state index contributed by atoms with van der Waals surface area (Å²) < 4.78 is 177. The van der Waals surface area contributed by atoms with Crippen LogP contribution in [-0.4, -0.2) is 56.1 Å². The van der Waals surface area contributed by atoms with Gasteiger partial charge in [-0.15, -0.1) is 0 Å². The lowest BCUT2D eigenvalue weighted by molar-refractivity contribution is -0.439. The Morgan fingerprint density at radius 1 is 0.667 bits per heavy atom. The summed E-state index contributed by atoms with van der Waals surface area (Å²) in [6.45, 7) is 2.95. The van der Waals surface area contributed by atoms with Crippen LogP contribution >= 0.6 is 0 Å². The number of fused-ring (bicyclic) bond motifs is 1. The van der Waals surface area contributed by atoms with Gasteiger partial charge < -0.3 is 4.74 Å². The standard InChI is InChI=1S/C18H23F13OSi/c1-33(2,7-5-10-3-4-11-12(9-10)32-11)8-6-13(19,20)14(21,22)15(23,24)16(25,26)17(27,28)18(29,30)31/h10-12H,3-9H2,1-2H3. The second-order valence-electron chi connectivity index (χ2n) is 9.59. The molecule has 1 saturated carbocycles. The molecule has 1 aliphatic heterocycles. The number of hydrogen-bond acceptors (Lipinski definition) is 1. The smallest absolute Gasteiger partial charge is 0.370 e. The fourth-order valence-corrected chi connectivity index (χ4v) is 6.35. The average Bonchev–Trinajstić information content (AvgIpc) is 3.42. The lowest BCUT2D eigenvalue weighted by Gasteiger charge is -2.40. The fourth-order valence-electron chi connectivity index (χ4n) is 3.92. The third-order valence-corrected chi connectivity index (χ3v) is 9.70. The predicted octanol–water partition coefficient (Wildman–Crippen LogP) is 7.78. The Bertz CT molecular complexity index is 704. The monoisotopic (exact) mass is 530 g/mol. The quantitative estimate of drug-likeness (QED) is 0.160. The lowest BCUT2D eigenvalue weighted by atomic mass is 9.87. The van der Waals surface area contributed by atoms with Gasteiger partial charge >= 0.3 is 35.8 Å². The topological polar surface area (TPSA) is 12.5 Å². The number of hydrogen-bond donors (Lipinski definition) is 0. The van der Waals surface area contributed by atoms with Crippen LogP contribution in [0.2, 0.25) is 25.2 Å². The molecule has 15 heteroatoms. The SMILES string of the molecule is C[Si](C)(CCC1CCC2OC2C1)CCC(F)(F)C(F)(F)C(F)(F)C(F)(F)C(F)(F)C(F)(F)F. The van der Waals surface area contributed by atoms with Gasteiger partial charge in [0.25, 0.3) is 0 Å². The second kappa shape index (κ2) is 8.44. The first-order valence-electron chi connectivity index (χ1n) is 10.1. The molecule has 0 spiro atoms. The summed E-state index contributed by atoms with van der Waals surface area (Å²) in [6.07, 6.45) is -6.25. The van der Waals surface area contributed by atoms with E-state index >= 15 is 0 Å². The van der Waals surface area contributed by atoms with Crippen molar-refractivity contribution >= 4 is 8.07 Å². The van der Waals surface area contributed by atoms with Gasteiger partial charge in [0.15, 0.2) is 0 Å². The van der Waals surface area contributed by atoms with E-state index in [-0.39, 0.29) is 18.1 Å². The van der Waals surface area contributed by atoms with Gasteiger partial charge in [-0.2, -0.15) is 57.1 Å². The molecule has 0 radical (unpaired) electrons. The molecule has 1 saturated heterocycles. The zero-order valence-corrected chi connectivity index (χ0v) is 18.5. The molecule has 3 atom stereocenters. The number of ether oxygens (including phenoxy) is 1. The Morgan fingerprint density at radius 3 is 1.67 bits per heavy atom. The summed E-state index contributed by atoms with van der Waals surface area (Å²) in [5.41, 5.74) is 0. The van der Waals surface area contributed by atoms with Crippen LogP contribution in [0.1, 0.15) is 32.1 Å². The Hall–Kier alpha value is -0.733. The Morgan fingerprint density at radius 2 is 1.18 bits per heavy atom. The highest BCUT2D eigenvalue weighted by molar-refractivity contribution is 6.77. The van der Waals surface area contributed by atoms with Crippen molar-refractivity contribution in [2.24, 2.45) is 5.92 Å². The summed E-state index contributed by atoms with van der Waals surface area (Å²) >= 11 is 0. The van der Waals surface area contributed by atoms with E-state index in [2.05, 4.69) is 0 Å². The molecular formula is C18H23F13OSi. The zero-order chi connectivity index (χ0) is 25.9. The third-order valence-electron chi connectivity index (χ3n) is 6.46. The number of epoxide rings is 1. The van der Waals surface area contributed by atoms with E-state index in [0.29, 0.717) is 12.5 Å². The maximum absolute atomic E-state index is 14.0. The molecule has 0 bridgehead atoms. The maximum atomic E-state index is 14.0. The summed E-state index contributed by atoms with van der Waals surface area (Å²) in [7, 11) is -2.77. The molecule has 3 unspecified atom stereocenters. The second-order valence-corrected chi connectivity index (χ2v) is 14.9. The average molecular weight is 530 g/mol. The molecule has 0 amide bonds. The van der Waals surface area contributed by atoms with E-state index in [1.807, 2.05) is 0 Å². The van der Waals surface area contributed by atoms with E-state index in [1.54, 1.807) is 0 Å². The van der Waals surface area contributed by atoms with Crippen LogP contribution in [0.5, 0.6) is 0 Å². The lowest BCUT2D eigenvalue weighted by Crippen LogP contribution is -2.70. The molecular weight excluding hydrogens is 507 g/mol. The van der Waals surface area contributed by atoms with Gasteiger partial charge in [-0.25, -0.2) is 0 Å². The van der Waals surface area contributed by atoms with Crippen LogP contribution in [0.15, 0.2) is 0 Å². The van der Waals surface area contributed by atoms with E-state index < -0.39 is 56.3 Å². The minimum atomic E-state index is -7.83. The number of rotatable bonds is 10. The van der Waals surface area contributed by atoms with Gasteiger partial charge in [-0.1, -0.05) is 31.6 Å². The van der Waals surface area contributed by atoms with E-state index in [4.69, 9.17) is 4.74 Å². The molecule has 2 fully saturated rings. The van der Waals surface area contributed by atoms with Crippen LogP contribution in [-0.2, 0) is 4.74 Å².